The van der Waals surface area contributed by atoms with Gasteiger partial charge in [-0.1, -0.05) is 13.3 Å². The second-order valence-corrected chi connectivity index (χ2v) is 5.11. The second kappa shape index (κ2) is 5.50. The molecule has 2 N–H and O–H groups in total. The van der Waals surface area contributed by atoms with Gasteiger partial charge in [0.25, 0.3) is 0 Å². The molecule has 1 saturated carbocycles. The topological polar surface area (TPSA) is 75.1 Å². The molecule has 1 heterocycles. The van der Waals surface area contributed by atoms with E-state index in [4.69, 9.17) is 5.11 Å². The lowest BCUT2D eigenvalue weighted by Crippen LogP contribution is -2.38. The van der Waals surface area contributed by atoms with Gasteiger partial charge in [-0.3, -0.25) is 4.79 Å². The number of aryl methyl sites for hydroxylation is 1. The number of rotatable bonds is 6. The highest BCUT2D eigenvalue weighted by Gasteiger charge is 2.39. The lowest BCUT2D eigenvalue weighted by Gasteiger charge is -2.41. The Balaban J connectivity index is 2.04. The molecule has 6 heteroatoms. The van der Waals surface area contributed by atoms with Crippen molar-refractivity contribution in [2.45, 2.75) is 39.0 Å². The molecular formula is C13H18FN3O2. The van der Waals surface area contributed by atoms with Gasteiger partial charge in [0.15, 0.2) is 11.6 Å². The van der Waals surface area contributed by atoms with E-state index in [2.05, 4.69) is 15.3 Å². The minimum Gasteiger partial charge on any atom is -0.481 e. The molecule has 0 atom stereocenters. The smallest absolute Gasteiger partial charge is 0.303 e. The summed E-state index contributed by atoms with van der Waals surface area (Å²) in [5.74, 6) is -1.07. The zero-order chi connectivity index (χ0) is 13.9. The summed E-state index contributed by atoms with van der Waals surface area (Å²) in [5, 5.41) is 11.9. The number of halogens is 1. The molecule has 5 nitrogen and oxygen atoms in total. The summed E-state index contributed by atoms with van der Waals surface area (Å²) in [6, 6.07) is 0. The lowest BCUT2D eigenvalue weighted by atomic mass is 9.66. The van der Waals surface area contributed by atoms with Crippen LogP contribution < -0.4 is 5.32 Å². The van der Waals surface area contributed by atoms with E-state index in [9.17, 15) is 9.18 Å². The number of nitrogens with one attached hydrogen (secondary N) is 1. The fourth-order valence-corrected chi connectivity index (χ4v) is 2.46. The van der Waals surface area contributed by atoms with Crippen molar-refractivity contribution >= 4 is 11.8 Å². The second-order valence-electron chi connectivity index (χ2n) is 5.11. The van der Waals surface area contributed by atoms with Crippen LogP contribution in [0, 0.1) is 11.2 Å². The van der Waals surface area contributed by atoms with Gasteiger partial charge in [0.05, 0.1) is 12.1 Å². The molecule has 0 unspecified atom stereocenters. The summed E-state index contributed by atoms with van der Waals surface area (Å²) in [6.07, 6.45) is 4.70. The zero-order valence-electron chi connectivity index (χ0n) is 10.9. The normalized spacial score (nSPS) is 16.7. The number of aliphatic carboxylic acids is 1. The van der Waals surface area contributed by atoms with E-state index in [1.54, 1.807) is 0 Å². The third-order valence-electron chi connectivity index (χ3n) is 3.77. The molecule has 0 radical (unpaired) electrons. The fraction of sp³-hybridized carbons (Fsp3) is 0.615. The Labute approximate surface area is 111 Å². The summed E-state index contributed by atoms with van der Waals surface area (Å²) in [5.41, 5.74) is 0.119. The van der Waals surface area contributed by atoms with E-state index in [1.807, 2.05) is 6.92 Å². The highest BCUT2D eigenvalue weighted by Crippen LogP contribution is 2.44. The lowest BCUT2D eigenvalue weighted by molar-refractivity contribution is -0.141. The monoisotopic (exact) mass is 267 g/mol. The highest BCUT2D eigenvalue weighted by atomic mass is 19.1. The largest absolute Gasteiger partial charge is 0.481 e. The minimum atomic E-state index is -0.807. The maximum Gasteiger partial charge on any atom is 0.303 e. The van der Waals surface area contributed by atoms with Crippen molar-refractivity contribution < 1.29 is 14.3 Å². The van der Waals surface area contributed by atoms with E-state index < -0.39 is 11.8 Å². The number of nitrogens with zero attached hydrogens (tertiary/aromatic N) is 2. The van der Waals surface area contributed by atoms with Gasteiger partial charge >= 0.3 is 5.97 Å². The van der Waals surface area contributed by atoms with Gasteiger partial charge in [-0.2, -0.15) is 0 Å². The number of anilines is 1. The number of carbonyl (C=O) groups is 1. The van der Waals surface area contributed by atoms with E-state index in [0.717, 1.165) is 19.3 Å². The van der Waals surface area contributed by atoms with Crippen LogP contribution in [0.2, 0.25) is 0 Å². The zero-order valence-corrected chi connectivity index (χ0v) is 10.9. The summed E-state index contributed by atoms with van der Waals surface area (Å²) in [7, 11) is 0. The van der Waals surface area contributed by atoms with Crippen molar-refractivity contribution in [2.24, 2.45) is 5.41 Å². The highest BCUT2D eigenvalue weighted by molar-refractivity contribution is 5.68. The van der Waals surface area contributed by atoms with Crippen LogP contribution in [0.3, 0.4) is 0 Å². The van der Waals surface area contributed by atoms with Crippen LogP contribution in [0.4, 0.5) is 10.2 Å². The third-order valence-corrected chi connectivity index (χ3v) is 3.77. The van der Waals surface area contributed by atoms with Gasteiger partial charge in [0.2, 0.25) is 0 Å². The van der Waals surface area contributed by atoms with Crippen LogP contribution in [0.5, 0.6) is 0 Å². The Morgan fingerprint density at radius 1 is 1.53 bits per heavy atom. The predicted molar refractivity (Wildman–Crippen MR) is 68.4 cm³/mol. The SMILES string of the molecule is CCc1ncnc(NCC2(CC(=O)O)CCC2)c1F. The molecule has 0 bridgehead atoms. The molecule has 1 fully saturated rings. The fourth-order valence-electron chi connectivity index (χ4n) is 2.46. The number of carboxylic acids is 1. The number of carboxylic acid groups (broad SMARTS) is 1. The number of aromatic nitrogens is 2. The van der Waals surface area contributed by atoms with Crippen molar-refractivity contribution in [1.29, 1.82) is 0 Å². The van der Waals surface area contributed by atoms with E-state index in [-0.39, 0.29) is 17.7 Å². The van der Waals surface area contributed by atoms with E-state index in [1.165, 1.54) is 6.33 Å². The average Bonchev–Trinajstić information content (AvgIpc) is 2.33. The predicted octanol–water partition coefficient (Wildman–Crippen LogP) is 2.24. The molecule has 1 aliphatic rings. The summed E-state index contributed by atoms with van der Waals surface area (Å²) >= 11 is 0. The Morgan fingerprint density at radius 3 is 2.79 bits per heavy atom. The van der Waals surface area contributed by atoms with Crippen LogP contribution in [-0.2, 0) is 11.2 Å². The Morgan fingerprint density at radius 2 is 2.26 bits per heavy atom. The van der Waals surface area contributed by atoms with Crippen molar-refractivity contribution in [2.75, 3.05) is 11.9 Å². The molecule has 0 saturated heterocycles. The first-order valence-electron chi connectivity index (χ1n) is 6.51. The summed E-state index contributed by atoms with van der Waals surface area (Å²) in [4.78, 5) is 18.6. The number of hydrogen-bond acceptors (Lipinski definition) is 4. The Hall–Kier alpha value is -1.72. The van der Waals surface area contributed by atoms with Gasteiger partial charge in [-0.25, -0.2) is 14.4 Å². The maximum absolute atomic E-state index is 13.9. The first-order valence-corrected chi connectivity index (χ1v) is 6.51. The van der Waals surface area contributed by atoms with Gasteiger partial charge in [0.1, 0.15) is 6.33 Å². The molecule has 0 aromatic carbocycles. The maximum atomic E-state index is 13.9. The average molecular weight is 267 g/mol. The minimum absolute atomic E-state index is 0.118. The molecule has 1 aromatic heterocycles. The standard InChI is InChI=1S/C13H18FN3O2/c1-2-9-11(14)12(17-8-16-9)15-7-13(4-3-5-13)6-10(18)19/h8H,2-7H2,1H3,(H,18,19)(H,15,16,17). The van der Waals surface area contributed by atoms with Crippen LogP contribution in [0.15, 0.2) is 6.33 Å². The molecule has 1 aliphatic carbocycles. The van der Waals surface area contributed by atoms with E-state index >= 15 is 0 Å². The summed E-state index contributed by atoms with van der Waals surface area (Å²) < 4.78 is 13.9. The van der Waals surface area contributed by atoms with Gasteiger partial charge in [-0.15, -0.1) is 0 Å². The molecule has 19 heavy (non-hydrogen) atoms. The third kappa shape index (κ3) is 3.00. The Kier molecular flexibility index (Phi) is 3.97. The molecule has 104 valence electrons. The molecule has 0 aliphatic heterocycles. The number of hydrogen-bond donors (Lipinski definition) is 2. The van der Waals surface area contributed by atoms with Crippen LogP contribution in [0.25, 0.3) is 0 Å². The van der Waals surface area contributed by atoms with Crippen molar-refractivity contribution in [3.8, 4) is 0 Å². The van der Waals surface area contributed by atoms with Gasteiger partial charge in [-0.05, 0) is 24.7 Å². The molecular weight excluding hydrogens is 249 g/mol. The molecule has 0 amide bonds. The van der Waals surface area contributed by atoms with Crippen molar-refractivity contribution in [3.63, 3.8) is 0 Å². The van der Waals surface area contributed by atoms with Crippen molar-refractivity contribution in [3.05, 3.63) is 17.8 Å². The molecule has 0 spiro atoms. The quantitative estimate of drug-likeness (QED) is 0.826. The molecule has 2 rings (SSSR count). The van der Waals surface area contributed by atoms with Gasteiger partial charge in [0, 0.05) is 6.54 Å². The van der Waals surface area contributed by atoms with Crippen LogP contribution >= 0.6 is 0 Å². The Bertz CT molecular complexity index is 475. The first kappa shape index (κ1) is 13.7. The first-order chi connectivity index (χ1) is 9.06. The van der Waals surface area contributed by atoms with Crippen molar-refractivity contribution in [1.82, 2.24) is 9.97 Å². The van der Waals surface area contributed by atoms with Crippen LogP contribution in [-0.4, -0.2) is 27.6 Å². The molecule has 1 aromatic rings. The van der Waals surface area contributed by atoms with E-state index in [0.29, 0.717) is 18.7 Å². The van der Waals surface area contributed by atoms with Gasteiger partial charge < -0.3 is 10.4 Å². The summed E-state index contributed by atoms with van der Waals surface area (Å²) in [6.45, 7) is 2.27. The van der Waals surface area contributed by atoms with Crippen LogP contribution in [0.1, 0.15) is 38.3 Å².